The fourth-order valence-corrected chi connectivity index (χ4v) is 5.22. The Morgan fingerprint density at radius 3 is 2.49 bits per heavy atom. The standard InChI is InChI=1S/C21H20F4N4O3S.C2H6/c1-32-20-17-14(9-15(29-20)21(25)5-7-33(30,31)8-6-21)19(28-11-27-17)26-10-12-3-2-4-13(16(12)22)18(23)24;1-2/h2-4,9,11,18H,5-8,10H2,1H3,(H,26,27,28);1-2H3. The number of hydrogen-bond acceptors (Lipinski definition) is 7. The van der Waals surface area contributed by atoms with Crippen LogP contribution < -0.4 is 10.1 Å². The molecule has 190 valence electrons. The van der Waals surface area contributed by atoms with Gasteiger partial charge in [-0.25, -0.2) is 40.9 Å². The molecule has 0 saturated carbocycles. The zero-order valence-electron chi connectivity index (χ0n) is 19.5. The molecule has 2 aromatic heterocycles. The van der Waals surface area contributed by atoms with Gasteiger partial charge in [0, 0.05) is 24.9 Å². The number of halogens is 4. The predicted molar refractivity (Wildman–Crippen MR) is 125 cm³/mol. The van der Waals surface area contributed by atoms with E-state index in [1.807, 2.05) is 13.8 Å². The third-order valence-corrected chi connectivity index (χ3v) is 7.30. The molecule has 1 aromatic carbocycles. The minimum atomic E-state index is -3.31. The van der Waals surface area contributed by atoms with Crippen molar-refractivity contribution in [2.24, 2.45) is 0 Å². The van der Waals surface area contributed by atoms with E-state index < -0.39 is 33.3 Å². The van der Waals surface area contributed by atoms with Gasteiger partial charge in [0.25, 0.3) is 6.43 Å². The van der Waals surface area contributed by atoms with Gasteiger partial charge in [0.15, 0.2) is 15.5 Å². The van der Waals surface area contributed by atoms with Crippen LogP contribution in [0.4, 0.5) is 23.4 Å². The molecule has 0 unspecified atom stereocenters. The Morgan fingerprint density at radius 2 is 1.86 bits per heavy atom. The van der Waals surface area contributed by atoms with E-state index in [1.165, 1.54) is 31.6 Å². The predicted octanol–water partition coefficient (Wildman–Crippen LogP) is 5.12. The number of anilines is 1. The number of benzene rings is 1. The number of ether oxygens (including phenoxy) is 1. The Labute approximate surface area is 200 Å². The highest BCUT2D eigenvalue weighted by Gasteiger charge is 2.41. The molecule has 7 nitrogen and oxygen atoms in total. The van der Waals surface area contributed by atoms with E-state index in [-0.39, 0.29) is 59.4 Å². The van der Waals surface area contributed by atoms with Gasteiger partial charge in [0.2, 0.25) is 5.88 Å². The van der Waals surface area contributed by atoms with Crippen LogP contribution in [0.3, 0.4) is 0 Å². The van der Waals surface area contributed by atoms with Gasteiger partial charge in [0.05, 0.1) is 35.3 Å². The highest BCUT2D eigenvalue weighted by molar-refractivity contribution is 7.91. The van der Waals surface area contributed by atoms with Crippen LogP contribution in [0.5, 0.6) is 5.88 Å². The normalized spacial score (nSPS) is 16.5. The molecule has 35 heavy (non-hydrogen) atoms. The number of fused-ring (bicyclic) bond motifs is 1. The van der Waals surface area contributed by atoms with Crippen molar-refractivity contribution in [2.75, 3.05) is 23.9 Å². The van der Waals surface area contributed by atoms with Crippen molar-refractivity contribution in [3.8, 4) is 5.88 Å². The van der Waals surface area contributed by atoms with Crippen LogP contribution in [-0.2, 0) is 22.1 Å². The Balaban J connectivity index is 0.00000167. The van der Waals surface area contributed by atoms with Crippen LogP contribution >= 0.6 is 0 Å². The fourth-order valence-electron chi connectivity index (χ4n) is 3.75. The molecule has 0 radical (unpaired) electrons. The second-order valence-electron chi connectivity index (χ2n) is 7.73. The van der Waals surface area contributed by atoms with Crippen molar-refractivity contribution in [2.45, 2.75) is 45.3 Å². The van der Waals surface area contributed by atoms with Crippen molar-refractivity contribution in [1.29, 1.82) is 0 Å². The summed E-state index contributed by atoms with van der Waals surface area (Å²) in [5.74, 6) is -1.42. The number of sulfone groups is 1. The fraction of sp³-hybridized carbons (Fsp3) is 0.435. The third kappa shape index (κ3) is 5.63. The monoisotopic (exact) mass is 514 g/mol. The number of aromatic nitrogens is 3. The highest BCUT2D eigenvalue weighted by Crippen LogP contribution is 2.40. The van der Waals surface area contributed by atoms with E-state index in [2.05, 4.69) is 20.3 Å². The molecule has 0 amide bonds. The molecule has 1 N–H and O–H groups in total. The summed E-state index contributed by atoms with van der Waals surface area (Å²) in [6.07, 6.45) is -2.25. The molecule has 0 bridgehead atoms. The van der Waals surface area contributed by atoms with Crippen LogP contribution in [0.15, 0.2) is 30.6 Å². The van der Waals surface area contributed by atoms with Crippen LogP contribution in [0.1, 0.15) is 49.9 Å². The largest absolute Gasteiger partial charge is 0.479 e. The van der Waals surface area contributed by atoms with E-state index in [1.54, 1.807) is 0 Å². The van der Waals surface area contributed by atoms with Gasteiger partial charge in [-0.15, -0.1) is 0 Å². The molecule has 0 atom stereocenters. The highest BCUT2D eigenvalue weighted by atomic mass is 32.2. The molecule has 12 heteroatoms. The summed E-state index contributed by atoms with van der Waals surface area (Å²) in [5.41, 5.74) is -2.46. The first-order valence-corrected chi connectivity index (χ1v) is 12.8. The van der Waals surface area contributed by atoms with Crippen molar-refractivity contribution >= 4 is 26.6 Å². The average Bonchev–Trinajstić information content (AvgIpc) is 2.85. The SMILES string of the molecule is CC.COc1nc(C2(F)CCS(=O)(=O)CC2)cc2c(NCc3cccc(C(F)F)c3F)ncnc12. The van der Waals surface area contributed by atoms with Crippen LogP contribution in [-0.4, -0.2) is 42.0 Å². The van der Waals surface area contributed by atoms with Crippen molar-refractivity contribution < 1.29 is 30.7 Å². The Bertz CT molecular complexity index is 1290. The molecule has 4 rings (SSSR count). The number of nitrogens with one attached hydrogen (secondary N) is 1. The smallest absolute Gasteiger partial charge is 0.266 e. The lowest BCUT2D eigenvalue weighted by atomic mass is 9.93. The van der Waals surface area contributed by atoms with E-state index in [0.717, 1.165) is 6.07 Å². The molecular formula is C23H26F4N4O3S. The first-order valence-electron chi connectivity index (χ1n) is 11.0. The maximum Gasteiger partial charge on any atom is 0.266 e. The molecule has 1 aliphatic rings. The summed E-state index contributed by atoms with van der Waals surface area (Å²) < 4.78 is 84.8. The molecule has 0 aliphatic carbocycles. The molecule has 1 saturated heterocycles. The number of pyridine rings is 1. The minimum absolute atomic E-state index is 0.000237. The lowest BCUT2D eigenvalue weighted by molar-refractivity contribution is 0.141. The van der Waals surface area contributed by atoms with Gasteiger partial charge in [-0.1, -0.05) is 32.0 Å². The molecular weight excluding hydrogens is 488 g/mol. The van der Waals surface area contributed by atoms with E-state index in [4.69, 9.17) is 4.74 Å². The summed E-state index contributed by atoms with van der Waals surface area (Å²) in [7, 11) is -1.97. The number of rotatable bonds is 6. The maximum absolute atomic E-state index is 15.7. The second-order valence-corrected chi connectivity index (χ2v) is 10.0. The van der Waals surface area contributed by atoms with Gasteiger partial charge in [-0.2, -0.15) is 0 Å². The van der Waals surface area contributed by atoms with Crippen molar-refractivity contribution in [3.63, 3.8) is 0 Å². The van der Waals surface area contributed by atoms with Gasteiger partial charge >= 0.3 is 0 Å². The summed E-state index contributed by atoms with van der Waals surface area (Å²) in [4.78, 5) is 12.5. The van der Waals surface area contributed by atoms with Crippen LogP contribution in [0, 0.1) is 5.82 Å². The quantitative estimate of drug-likeness (QED) is 0.456. The number of methoxy groups -OCH3 is 1. The second kappa shape index (κ2) is 10.7. The molecule has 3 aromatic rings. The first kappa shape index (κ1) is 26.6. The summed E-state index contributed by atoms with van der Waals surface area (Å²) in [5, 5.41) is 3.20. The maximum atomic E-state index is 15.7. The summed E-state index contributed by atoms with van der Waals surface area (Å²) in [6, 6.07) is 5.11. The Morgan fingerprint density at radius 1 is 1.17 bits per heavy atom. The first-order chi connectivity index (χ1) is 16.6. The minimum Gasteiger partial charge on any atom is -0.479 e. The van der Waals surface area contributed by atoms with Crippen molar-refractivity contribution in [3.05, 3.63) is 53.2 Å². The Kier molecular flexibility index (Phi) is 8.14. The molecule has 1 fully saturated rings. The molecule has 3 heterocycles. The lowest BCUT2D eigenvalue weighted by Crippen LogP contribution is -2.34. The zero-order chi connectivity index (χ0) is 25.8. The van der Waals surface area contributed by atoms with E-state index >= 15 is 4.39 Å². The van der Waals surface area contributed by atoms with Gasteiger partial charge in [-0.3, -0.25) is 0 Å². The van der Waals surface area contributed by atoms with Gasteiger partial charge in [0.1, 0.15) is 23.5 Å². The number of nitrogens with zero attached hydrogens (tertiary/aromatic N) is 3. The third-order valence-electron chi connectivity index (χ3n) is 5.65. The van der Waals surface area contributed by atoms with E-state index in [9.17, 15) is 21.6 Å². The zero-order valence-corrected chi connectivity index (χ0v) is 20.3. The van der Waals surface area contributed by atoms with Crippen LogP contribution in [0.2, 0.25) is 0 Å². The number of alkyl halides is 3. The van der Waals surface area contributed by atoms with Gasteiger partial charge in [-0.05, 0) is 6.07 Å². The summed E-state index contributed by atoms with van der Waals surface area (Å²) in [6.45, 7) is 3.83. The Hall–Kier alpha value is -3.02. The van der Waals surface area contributed by atoms with E-state index in [0.29, 0.717) is 5.39 Å². The molecule has 1 aliphatic heterocycles. The summed E-state index contributed by atoms with van der Waals surface area (Å²) >= 11 is 0. The number of hydrogen-bond donors (Lipinski definition) is 1. The van der Waals surface area contributed by atoms with Crippen LogP contribution in [0.25, 0.3) is 10.9 Å². The topological polar surface area (TPSA) is 94.1 Å². The lowest BCUT2D eigenvalue weighted by Gasteiger charge is -2.29. The average molecular weight is 515 g/mol. The van der Waals surface area contributed by atoms with Gasteiger partial charge < -0.3 is 10.1 Å². The molecule has 0 spiro atoms. The van der Waals surface area contributed by atoms with Crippen molar-refractivity contribution in [1.82, 2.24) is 15.0 Å².